The summed E-state index contributed by atoms with van der Waals surface area (Å²) in [4.78, 5) is 39.5. The van der Waals surface area contributed by atoms with Crippen LogP contribution in [-0.2, 0) is 16.6 Å². The van der Waals surface area contributed by atoms with E-state index in [9.17, 15) is 14.4 Å². The van der Waals surface area contributed by atoms with Gasteiger partial charge in [0.2, 0.25) is 0 Å². The molecule has 1 atom stereocenters. The van der Waals surface area contributed by atoms with E-state index < -0.39 is 18.0 Å². The molecule has 0 bridgehead atoms. The zero-order valence-corrected chi connectivity index (χ0v) is 20.7. The maximum atomic E-state index is 13.5. The fourth-order valence-corrected chi connectivity index (χ4v) is 4.35. The summed E-state index contributed by atoms with van der Waals surface area (Å²) in [6, 6.07) is 19.9. The molecule has 5 rings (SSSR count). The van der Waals surface area contributed by atoms with Crippen molar-refractivity contribution in [2.24, 2.45) is 7.05 Å². The van der Waals surface area contributed by atoms with Crippen LogP contribution < -0.4 is 20.3 Å². The average Bonchev–Trinajstić information content (AvgIpc) is 2.91. The molecule has 8 heteroatoms. The Kier molecular flexibility index (Phi) is 6.40. The number of hydrogen-bond donors (Lipinski definition) is 1. The lowest BCUT2D eigenvalue weighted by molar-refractivity contribution is -0.123. The minimum atomic E-state index is -1.13. The normalized spacial score (nSPS) is 13.2. The number of carbonyl (C=O) groups is 2. The molecule has 8 nitrogen and oxygen atoms in total. The number of carbonyl (C=O) groups excluding carboxylic acids is 2. The minimum absolute atomic E-state index is 0.0755. The maximum absolute atomic E-state index is 13.5. The lowest BCUT2D eigenvalue weighted by Crippen LogP contribution is -2.33. The highest BCUT2D eigenvalue weighted by molar-refractivity contribution is 6.07. The largest absolute Gasteiger partial charge is 0.486 e. The van der Waals surface area contributed by atoms with Crippen molar-refractivity contribution in [2.75, 3.05) is 18.5 Å². The molecule has 0 fully saturated rings. The molecule has 1 unspecified atom stereocenters. The molecule has 0 radical (unpaired) electrons. The third-order valence-corrected chi connectivity index (χ3v) is 6.30. The number of esters is 1. The molecule has 1 aliphatic rings. The maximum Gasteiger partial charge on any atom is 0.356 e. The van der Waals surface area contributed by atoms with Crippen molar-refractivity contribution in [1.82, 2.24) is 4.57 Å². The highest BCUT2D eigenvalue weighted by Gasteiger charge is 2.26. The molecule has 0 aliphatic carbocycles. The molecule has 4 aromatic rings. The second kappa shape index (κ2) is 9.81. The van der Waals surface area contributed by atoms with Gasteiger partial charge in [-0.05, 0) is 43.0 Å². The first kappa shape index (κ1) is 24.1. The lowest BCUT2D eigenvalue weighted by Gasteiger charge is -2.20. The van der Waals surface area contributed by atoms with Crippen LogP contribution in [0.25, 0.3) is 21.9 Å². The van der Waals surface area contributed by atoms with E-state index in [1.807, 2.05) is 37.3 Å². The summed E-state index contributed by atoms with van der Waals surface area (Å²) in [5, 5.41) is 3.86. The highest BCUT2D eigenvalue weighted by Crippen LogP contribution is 2.33. The Morgan fingerprint density at radius 2 is 1.62 bits per heavy atom. The molecule has 0 spiro atoms. The Bertz CT molecular complexity index is 1570. The van der Waals surface area contributed by atoms with E-state index in [4.69, 9.17) is 14.2 Å². The quantitative estimate of drug-likeness (QED) is 0.408. The molecule has 188 valence electrons. The van der Waals surface area contributed by atoms with Crippen LogP contribution >= 0.6 is 0 Å². The third-order valence-electron chi connectivity index (χ3n) is 6.30. The highest BCUT2D eigenvalue weighted by atomic mass is 16.6. The molecular weight excluding hydrogens is 472 g/mol. The van der Waals surface area contributed by atoms with E-state index in [-0.39, 0.29) is 11.3 Å². The van der Waals surface area contributed by atoms with E-state index in [1.54, 1.807) is 36.4 Å². The number of hydrogen-bond acceptors (Lipinski definition) is 6. The lowest BCUT2D eigenvalue weighted by atomic mass is 9.96. The molecule has 3 aromatic carbocycles. The van der Waals surface area contributed by atoms with Gasteiger partial charge in [-0.2, -0.15) is 0 Å². The summed E-state index contributed by atoms with van der Waals surface area (Å²) in [5.74, 6) is -0.161. The number of aryl methyl sites for hydroxylation is 1. The van der Waals surface area contributed by atoms with Crippen LogP contribution in [0.2, 0.25) is 0 Å². The Hall–Kier alpha value is -4.59. The summed E-state index contributed by atoms with van der Waals surface area (Å²) in [6.07, 6.45) is -1.13. The monoisotopic (exact) mass is 498 g/mol. The summed E-state index contributed by atoms with van der Waals surface area (Å²) in [7, 11) is 1.53. The van der Waals surface area contributed by atoms with Crippen LogP contribution in [-0.4, -0.2) is 35.8 Å². The number of aromatic nitrogens is 1. The Balaban J connectivity index is 1.46. The molecule has 1 aliphatic heterocycles. The van der Waals surface area contributed by atoms with Crippen LogP contribution in [0.15, 0.2) is 71.5 Å². The molecule has 1 N–H and O–H groups in total. The van der Waals surface area contributed by atoms with Gasteiger partial charge < -0.3 is 24.1 Å². The first-order chi connectivity index (χ1) is 17.8. The number of pyridine rings is 1. The first-order valence-corrected chi connectivity index (χ1v) is 11.9. The Morgan fingerprint density at radius 1 is 0.946 bits per heavy atom. The zero-order valence-electron chi connectivity index (χ0n) is 20.7. The zero-order chi connectivity index (χ0) is 26.1. The Morgan fingerprint density at radius 3 is 2.35 bits per heavy atom. The predicted molar refractivity (Wildman–Crippen MR) is 140 cm³/mol. The molecule has 37 heavy (non-hydrogen) atoms. The standard InChI is InChI=1S/C29H26N2O6/c1-17-8-10-19(11-9-17)25-21-6-4-5-7-22(21)28(33)31(3)26(25)29(34)37-18(2)27(32)30-20-12-13-23-24(16-20)36-15-14-35-23/h4-13,16,18H,14-15H2,1-3H3,(H,30,32). The van der Waals surface area contributed by atoms with Crippen molar-refractivity contribution in [3.63, 3.8) is 0 Å². The van der Waals surface area contributed by atoms with Gasteiger partial charge in [-0.25, -0.2) is 4.79 Å². The SMILES string of the molecule is Cc1ccc(-c2c(C(=O)OC(C)C(=O)Nc3ccc4c(c3)OCCO4)n(C)c(=O)c3ccccc23)cc1. The van der Waals surface area contributed by atoms with Crippen molar-refractivity contribution < 1.29 is 23.8 Å². The van der Waals surface area contributed by atoms with Crippen molar-refractivity contribution in [2.45, 2.75) is 20.0 Å². The molecule has 1 aromatic heterocycles. The molecule has 0 saturated carbocycles. The van der Waals surface area contributed by atoms with Crippen LogP contribution in [0.4, 0.5) is 5.69 Å². The summed E-state index contributed by atoms with van der Waals surface area (Å²) in [6.45, 7) is 4.34. The summed E-state index contributed by atoms with van der Waals surface area (Å²) < 4.78 is 17.9. The van der Waals surface area contributed by atoms with Gasteiger partial charge in [0.25, 0.3) is 11.5 Å². The molecular formula is C29H26N2O6. The topological polar surface area (TPSA) is 95.9 Å². The number of fused-ring (bicyclic) bond motifs is 2. The van der Waals surface area contributed by atoms with Crippen LogP contribution in [0.1, 0.15) is 23.0 Å². The fourth-order valence-electron chi connectivity index (χ4n) is 4.35. The average molecular weight is 499 g/mol. The van der Waals surface area contributed by atoms with Gasteiger partial charge in [0, 0.05) is 29.8 Å². The Labute approximate surface area is 213 Å². The minimum Gasteiger partial charge on any atom is -0.486 e. The van der Waals surface area contributed by atoms with E-state index in [1.165, 1.54) is 18.5 Å². The summed E-state index contributed by atoms with van der Waals surface area (Å²) in [5.41, 5.74) is 2.63. The summed E-state index contributed by atoms with van der Waals surface area (Å²) >= 11 is 0. The second-order valence-electron chi connectivity index (χ2n) is 8.89. The smallest absolute Gasteiger partial charge is 0.356 e. The van der Waals surface area contributed by atoms with Crippen molar-refractivity contribution in [3.05, 3.63) is 88.3 Å². The van der Waals surface area contributed by atoms with E-state index in [2.05, 4.69) is 5.32 Å². The number of anilines is 1. The van der Waals surface area contributed by atoms with Gasteiger partial charge in [0.1, 0.15) is 18.9 Å². The van der Waals surface area contributed by atoms with Crippen molar-refractivity contribution in [1.29, 1.82) is 0 Å². The number of amides is 1. The van der Waals surface area contributed by atoms with E-state index in [0.29, 0.717) is 46.7 Å². The van der Waals surface area contributed by atoms with Crippen molar-refractivity contribution in [3.8, 4) is 22.6 Å². The van der Waals surface area contributed by atoms with Gasteiger partial charge in [-0.3, -0.25) is 9.59 Å². The third kappa shape index (κ3) is 4.65. The van der Waals surface area contributed by atoms with Gasteiger partial charge in [-0.15, -0.1) is 0 Å². The second-order valence-corrected chi connectivity index (χ2v) is 8.89. The van der Waals surface area contributed by atoms with E-state index >= 15 is 0 Å². The molecule has 1 amide bonds. The van der Waals surface area contributed by atoms with Crippen molar-refractivity contribution >= 4 is 28.3 Å². The van der Waals surface area contributed by atoms with Gasteiger partial charge in [0.05, 0.1) is 0 Å². The van der Waals surface area contributed by atoms with Crippen LogP contribution in [0, 0.1) is 6.92 Å². The number of ether oxygens (including phenoxy) is 3. The first-order valence-electron chi connectivity index (χ1n) is 11.9. The number of benzene rings is 3. The number of nitrogens with zero attached hydrogens (tertiary/aromatic N) is 1. The number of nitrogens with one attached hydrogen (secondary N) is 1. The van der Waals surface area contributed by atoms with Crippen LogP contribution in [0.5, 0.6) is 11.5 Å². The molecule has 2 heterocycles. The van der Waals surface area contributed by atoms with Gasteiger partial charge >= 0.3 is 5.97 Å². The molecule has 0 saturated heterocycles. The van der Waals surface area contributed by atoms with Gasteiger partial charge in [-0.1, -0.05) is 48.0 Å². The van der Waals surface area contributed by atoms with Gasteiger partial charge in [0.15, 0.2) is 17.6 Å². The van der Waals surface area contributed by atoms with Crippen LogP contribution in [0.3, 0.4) is 0 Å². The fraction of sp³-hybridized carbons (Fsp3) is 0.207. The number of rotatable bonds is 5. The van der Waals surface area contributed by atoms with E-state index in [0.717, 1.165) is 11.1 Å². The predicted octanol–water partition coefficient (Wildman–Crippen LogP) is 4.47.